The van der Waals surface area contributed by atoms with Crippen molar-refractivity contribution < 1.29 is 14.3 Å². The molecule has 1 fully saturated rings. The molecule has 1 aromatic heterocycles. The van der Waals surface area contributed by atoms with Gasteiger partial charge in [0, 0.05) is 38.9 Å². The number of rotatable bonds is 7. The summed E-state index contributed by atoms with van der Waals surface area (Å²) in [5, 5.41) is 0. The average Bonchev–Trinajstić information content (AvgIpc) is 3.27. The van der Waals surface area contributed by atoms with Crippen LogP contribution in [0, 0.1) is 11.8 Å². The van der Waals surface area contributed by atoms with Crippen molar-refractivity contribution in [3.05, 3.63) is 18.2 Å². The van der Waals surface area contributed by atoms with Gasteiger partial charge in [-0.3, -0.25) is 4.79 Å². The standard InChI is InChI=1S/C16H25N3O3/c1-21-5-4-16(20)18-7-14(11-22-10-13-2-3-13)8-19-12-17-6-15(19)9-18/h6,12-14H,2-5,7-11H2,1H3/t14-/m0/s1. The number of imidazole rings is 1. The Kier molecular flexibility index (Phi) is 5.10. The lowest BCUT2D eigenvalue weighted by molar-refractivity contribution is -0.133. The van der Waals surface area contributed by atoms with E-state index in [1.54, 1.807) is 7.11 Å². The van der Waals surface area contributed by atoms with Gasteiger partial charge < -0.3 is 18.9 Å². The Hall–Kier alpha value is -1.40. The molecule has 22 heavy (non-hydrogen) atoms. The Bertz CT molecular complexity index is 499. The summed E-state index contributed by atoms with van der Waals surface area (Å²) < 4.78 is 13.0. The van der Waals surface area contributed by atoms with Crippen molar-refractivity contribution in [3.63, 3.8) is 0 Å². The molecule has 1 amide bonds. The fraction of sp³-hybridized carbons (Fsp3) is 0.750. The highest BCUT2D eigenvalue weighted by Crippen LogP contribution is 2.29. The lowest BCUT2D eigenvalue weighted by Gasteiger charge is -2.24. The largest absolute Gasteiger partial charge is 0.384 e. The van der Waals surface area contributed by atoms with Crippen LogP contribution in [0.25, 0.3) is 0 Å². The lowest BCUT2D eigenvalue weighted by Crippen LogP contribution is -2.35. The van der Waals surface area contributed by atoms with Crippen molar-refractivity contribution in [2.45, 2.75) is 32.4 Å². The van der Waals surface area contributed by atoms with E-state index in [2.05, 4.69) is 9.55 Å². The van der Waals surface area contributed by atoms with Crippen LogP contribution in [0.5, 0.6) is 0 Å². The molecule has 122 valence electrons. The van der Waals surface area contributed by atoms with Crippen molar-refractivity contribution in [1.29, 1.82) is 0 Å². The Morgan fingerprint density at radius 3 is 2.91 bits per heavy atom. The van der Waals surface area contributed by atoms with Gasteiger partial charge in [0.15, 0.2) is 0 Å². The molecule has 1 saturated carbocycles. The molecule has 3 rings (SSSR count). The summed E-state index contributed by atoms with van der Waals surface area (Å²) in [5.74, 6) is 1.23. The predicted octanol–water partition coefficient (Wildman–Crippen LogP) is 1.30. The molecule has 2 aliphatic rings. The van der Waals surface area contributed by atoms with Gasteiger partial charge in [-0.05, 0) is 18.8 Å². The van der Waals surface area contributed by atoms with Gasteiger partial charge in [-0.1, -0.05) is 0 Å². The van der Waals surface area contributed by atoms with Gasteiger partial charge in [0.1, 0.15) is 0 Å². The average molecular weight is 307 g/mol. The van der Waals surface area contributed by atoms with Crippen LogP contribution in [0.2, 0.25) is 0 Å². The van der Waals surface area contributed by atoms with E-state index in [1.165, 1.54) is 12.8 Å². The van der Waals surface area contributed by atoms with Crippen LogP contribution in [0.15, 0.2) is 12.5 Å². The van der Waals surface area contributed by atoms with Crippen molar-refractivity contribution in [2.75, 3.05) is 33.5 Å². The topological polar surface area (TPSA) is 56.6 Å². The third-order valence-electron chi connectivity index (χ3n) is 4.36. The van der Waals surface area contributed by atoms with Crippen LogP contribution in [-0.2, 0) is 27.4 Å². The maximum Gasteiger partial charge on any atom is 0.225 e. The first-order chi connectivity index (χ1) is 10.8. The monoisotopic (exact) mass is 307 g/mol. The van der Waals surface area contributed by atoms with Gasteiger partial charge in [-0.2, -0.15) is 0 Å². The first-order valence-electron chi connectivity index (χ1n) is 8.09. The number of fused-ring (bicyclic) bond motifs is 1. The van der Waals surface area contributed by atoms with Gasteiger partial charge in [0.2, 0.25) is 5.91 Å². The summed E-state index contributed by atoms with van der Waals surface area (Å²) in [6.45, 7) is 4.29. The minimum Gasteiger partial charge on any atom is -0.384 e. The number of carbonyl (C=O) groups is 1. The highest BCUT2D eigenvalue weighted by Gasteiger charge is 2.26. The van der Waals surface area contributed by atoms with E-state index in [9.17, 15) is 4.79 Å². The highest BCUT2D eigenvalue weighted by molar-refractivity contribution is 5.76. The van der Waals surface area contributed by atoms with Gasteiger partial charge in [-0.25, -0.2) is 4.98 Å². The molecule has 0 aromatic carbocycles. The predicted molar refractivity (Wildman–Crippen MR) is 81.2 cm³/mol. The number of hydrogen-bond acceptors (Lipinski definition) is 4. The second kappa shape index (κ2) is 7.24. The van der Waals surface area contributed by atoms with E-state index in [0.29, 0.717) is 32.1 Å². The highest BCUT2D eigenvalue weighted by atomic mass is 16.5. The second-order valence-electron chi connectivity index (χ2n) is 6.40. The smallest absolute Gasteiger partial charge is 0.225 e. The number of carbonyl (C=O) groups excluding carboxylic acids is 1. The maximum atomic E-state index is 12.4. The molecule has 0 spiro atoms. The maximum absolute atomic E-state index is 12.4. The molecule has 0 bridgehead atoms. The summed E-state index contributed by atoms with van der Waals surface area (Å²) in [6.07, 6.45) is 6.74. The molecule has 1 aliphatic carbocycles. The minimum atomic E-state index is 0.142. The molecule has 0 saturated heterocycles. The summed E-state index contributed by atoms with van der Waals surface area (Å²) in [7, 11) is 1.62. The van der Waals surface area contributed by atoms with Crippen LogP contribution in [-0.4, -0.2) is 53.8 Å². The molecule has 0 N–H and O–H groups in total. The third kappa shape index (κ3) is 4.08. The van der Waals surface area contributed by atoms with Crippen LogP contribution in [0.3, 0.4) is 0 Å². The number of methoxy groups -OCH3 is 1. The van der Waals surface area contributed by atoms with Crippen molar-refractivity contribution in [3.8, 4) is 0 Å². The molecule has 6 heteroatoms. The summed E-state index contributed by atoms with van der Waals surface area (Å²) in [6, 6.07) is 0. The van der Waals surface area contributed by atoms with E-state index in [1.807, 2.05) is 17.4 Å². The van der Waals surface area contributed by atoms with Crippen molar-refractivity contribution in [2.24, 2.45) is 11.8 Å². The number of nitrogens with zero attached hydrogens (tertiary/aromatic N) is 3. The zero-order valence-corrected chi connectivity index (χ0v) is 13.2. The first-order valence-corrected chi connectivity index (χ1v) is 8.09. The van der Waals surface area contributed by atoms with E-state index >= 15 is 0 Å². The normalized spacial score (nSPS) is 21.5. The van der Waals surface area contributed by atoms with Crippen LogP contribution >= 0.6 is 0 Å². The van der Waals surface area contributed by atoms with Gasteiger partial charge >= 0.3 is 0 Å². The number of aromatic nitrogens is 2. The fourth-order valence-electron chi connectivity index (χ4n) is 2.88. The third-order valence-corrected chi connectivity index (χ3v) is 4.36. The number of hydrogen-bond donors (Lipinski definition) is 0. The Morgan fingerprint density at radius 1 is 1.32 bits per heavy atom. The molecular weight excluding hydrogens is 282 g/mol. The van der Waals surface area contributed by atoms with Crippen LogP contribution in [0.4, 0.5) is 0 Å². The van der Waals surface area contributed by atoms with Gasteiger partial charge in [0.05, 0.1) is 38.2 Å². The Balaban J connectivity index is 1.61. The second-order valence-corrected chi connectivity index (χ2v) is 6.40. The van der Waals surface area contributed by atoms with Gasteiger partial charge in [-0.15, -0.1) is 0 Å². The fourth-order valence-corrected chi connectivity index (χ4v) is 2.88. The number of amides is 1. The van der Waals surface area contributed by atoms with Crippen molar-refractivity contribution in [1.82, 2.24) is 14.5 Å². The Labute approximate surface area is 131 Å². The molecule has 6 nitrogen and oxygen atoms in total. The van der Waals surface area contributed by atoms with E-state index in [-0.39, 0.29) is 5.91 Å². The molecule has 1 aromatic rings. The summed E-state index contributed by atoms with van der Waals surface area (Å²) >= 11 is 0. The van der Waals surface area contributed by atoms with Crippen LogP contribution in [0.1, 0.15) is 25.0 Å². The molecular formula is C16H25N3O3. The zero-order chi connectivity index (χ0) is 15.4. The zero-order valence-electron chi connectivity index (χ0n) is 13.2. The molecule has 2 heterocycles. The first kappa shape index (κ1) is 15.5. The molecule has 0 radical (unpaired) electrons. The van der Waals surface area contributed by atoms with E-state index < -0.39 is 0 Å². The van der Waals surface area contributed by atoms with E-state index in [4.69, 9.17) is 9.47 Å². The lowest BCUT2D eigenvalue weighted by atomic mass is 10.1. The van der Waals surface area contributed by atoms with E-state index in [0.717, 1.165) is 31.3 Å². The molecule has 1 aliphatic heterocycles. The quantitative estimate of drug-likeness (QED) is 0.762. The van der Waals surface area contributed by atoms with Crippen molar-refractivity contribution >= 4 is 5.91 Å². The van der Waals surface area contributed by atoms with Gasteiger partial charge in [0.25, 0.3) is 0 Å². The summed E-state index contributed by atoms with van der Waals surface area (Å²) in [5.41, 5.74) is 1.09. The molecule has 1 atom stereocenters. The van der Waals surface area contributed by atoms with Crippen LogP contribution < -0.4 is 0 Å². The minimum absolute atomic E-state index is 0.142. The Morgan fingerprint density at radius 2 is 2.14 bits per heavy atom. The summed E-state index contributed by atoms with van der Waals surface area (Å²) in [4.78, 5) is 18.5. The molecule has 0 unspecified atom stereocenters. The number of ether oxygens (including phenoxy) is 2. The SMILES string of the molecule is COCCC(=O)N1Cc2cncn2C[C@@H](COCC2CC2)C1.